The van der Waals surface area contributed by atoms with Gasteiger partial charge in [-0.05, 0) is 67.3 Å². The van der Waals surface area contributed by atoms with Gasteiger partial charge in [-0.1, -0.05) is 11.2 Å². The maximum absolute atomic E-state index is 13.4. The molecule has 0 spiro atoms. The number of aliphatic carboxylic acids is 1. The predicted octanol–water partition coefficient (Wildman–Crippen LogP) is 5.38. The lowest BCUT2D eigenvalue weighted by Crippen LogP contribution is -2.16. The smallest absolute Gasteiger partial charge is 0.320 e. The molecule has 4 aromatic rings. The highest BCUT2D eigenvalue weighted by Gasteiger charge is 2.24. The lowest BCUT2D eigenvalue weighted by Gasteiger charge is -2.27. The third kappa shape index (κ3) is 4.55. The number of hydrogen-bond donors (Lipinski definition) is 3. The van der Waals surface area contributed by atoms with E-state index in [1.807, 2.05) is 12.1 Å². The number of aromatic nitrogens is 4. The van der Waals surface area contributed by atoms with Crippen molar-refractivity contribution in [3.05, 3.63) is 53.6 Å². The number of rotatable bonds is 6. The summed E-state index contributed by atoms with van der Waals surface area (Å²) in [7, 11) is 0. The van der Waals surface area contributed by atoms with Crippen LogP contribution in [-0.2, 0) is 4.79 Å². The number of benzene rings is 2. The van der Waals surface area contributed by atoms with Gasteiger partial charge in [0.1, 0.15) is 0 Å². The second kappa shape index (κ2) is 8.61. The second-order valence-corrected chi connectivity index (χ2v) is 8.34. The number of nitrogens with zero attached hydrogens (tertiary/aromatic N) is 3. The normalized spacial score (nSPS) is 18.5. The van der Waals surface area contributed by atoms with E-state index < -0.39 is 17.6 Å². The fourth-order valence-corrected chi connectivity index (χ4v) is 4.39. The van der Waals surface area contributed by atoms with Gasteiger partial charge in [-0.3, -0.25) is 4.79 Å². The van der Waals surface area contributed by atoms with E-state index in [-0.39, 0.29) is 29.9 Å². The Bertz CT molecular complexity index is 1310. The van der Waals surface area contributed by atoms with Crippen LogP contribution < -0.4 is 5.32 Å². The lowest BCUT2D eigenvalue weighted by atomic mass is 9.77. The Labute approximate surface area is 187 Å². The molecule has 2 heterocycles. The zero-order valence-corrected chi connectivity index (χ0v) is 17.5. The van der Waals surface area contributed by atoms with Gasteiger partial charge in [-0.2, -0.15) is 0 Å². The summed E-state index contributed by atoms with van der Waals surface area (Å²) in [6.07, 6.45) is 3.99. The van der Waals surface area contributed by atoms with Gasteiger partial charge in [0.15, 0.2) is 17.5 Å². The van der Waals surface area contributed by atoms with Crippen molar-refractivity contribution in [3.8, 4) is 11.7 Å². The first-order valence-electron chi connectivity index (χ1n) is 10.7. The summed E-state index contributed by atoms with van der Waals surface area (Å²) in [5.74, 6) is -1.45. The van der Waals surface area contributed by atoms with Crippen LogP contribution in [0.3, 0.4) is 0 Å². The minimum atomic E-state index is -0.983. The van der Waals surface area contributed by atoms with Crippen LogP contribution in [0.25, 0.3) is 22.7 Å². The molecule has 0 unspecified atom stereocenters. The SMILES string of the molecule is O=C(O)CC1CCC(c2ccc3[nH]c(-c4nnc(Nc5ccc(F)c(F)c5)o4)nc3c2)CC1. The molecule has 1 aliphatic carbocycles. The van der Waals surface area contributed by atoms with Crippen LogP contribution in [0.2, 0.25) is 0 Å². The molecule has 0 radical (unpaired) electrons. The van der Waals surface area contributed by atoms with Gasteiger partial charge in [0, 0.05) is 18.2 Å². The van der Waals surface area contributed by atoms with Crippen molar-refractivity contribution < 1.29 is 23.1 Å². The average Bonchev–Trinajstić information content (AvgIpc) is 3.43. The number of carbonyl (C=O) groups is 1. The van der Waals surface area contributed by atoms with Gasteiger partial charge in [-0.25, -0.2) is 13.8 Å². The van der Waals surface area contributed by atoms with Crippen LogP contribution >= 0.6 is 0 Å². The van der Waals surface area contributed by atoms with Crippen molar-refractivity contribution in [1.29, 1.82) is 0 Å². The van der Waals surface area contributed by atoms with Crippen LogP contribution in [0.4, 0.5) is 20.5 Å². The molecular weight excluding hydrogens is 432 g/mol. The fourth-order valence-electron chi connectivity index (χ4n) is 4.39. The standard InChI is InChI=1S/C23H21F2N5O3/c24-16-7-6-15(11-17(16)25)26-23-30-29-22(33-23)21-27-18-8-5-14(10-19(18)28-21)13-3-1-12(2-4-13)9-20(31)32/h5-8,10-13H,1-4,9H2,(H,26,30)(H,27,28)(H,31,32). The van der Waals surface area contributed by atoms with E-state index >= 15 is 0 Å². The molecular formula is C23H21F2N5O3. The van der Waals surface area contributed by atoms with Crippen molar-refractivity contribution in [1.82, 2.24) is 20.2 Å². The molecule has 0 aliphatic heterocycles. The van der Waals surface area contributed by atoms with Crippen LogP contribution in [0, 0.1) is 17.6 Å². The van der Waals surface area contributed by atoms with Crippen LogP contribution in [-0.4, -0.2) is 31.2 Å². The van der Waals surface area contributed by atoms with Gasteiger partial charge in [0.2, 0.25) is 0 Å². The van der Waals surface area contributed by atoms with Crippen molar-refractivity contribution in [2.24, 2.45) is 5.92 Å². The van der Waals surface area contributed by atoms with Crippen LogP contribution in [0.15, 0.2) is 40.8 Å². The van der Waals surface area contributed by atoms with E-state index in [1.165, 1.54) is 11.6 Å². The first kappa shape index (κ1) is 21.0. The second-order valence-electron chi connectivity index (χ2n) is 8.34. The Morgan fingerprint density at radius 1 is 1.09 bits per heavy atom. The molecule has 0 bridgehead atoms. The van der Waals surface area contributed by atoms with Crippen molar-refractivity contribution in [2.45, 2.75) is 38.0 Å². The summed E-state index contributed by atoms with van der Waals surface area (Å²) < 4.78 is 32.0. The number of carboxylic acid groups (broad SMARTS) is 1. The van der Waals surface area contributed by atoms with Gasteiger partial charge in [-0.15, -0.1) is 5.10 Å². The summed E-state index contributed by atoms with van der Waals surface area (Å²) in [6.45, 7) is 0. The van der Waals surface area contributed by atoms with E-state index in [9.17, 15) is 13.6 Å². The summed E-state index contributed by atoms with van der Waals surface area (Å²) in [6, 6.07) is 9.45. The number of anilines is 2. The molecule has 0 saturated heterocycles. The number of hydrogen-bond acceptors (Lipinski definition) is 6. The minimum absolute atomic E-state index is 0.0234. The Balaban J connectivity index is 1.30. The molecule has 8 nitrogen and oxygen atoms in total. The Morgan fingerprint density at radius 3 is 2.67 bits per heavy atom. The summed E-state index contributed by atoms with van der Waals surface area (Å²) in [4.78, 5) is 18.7. The highest BCUT2D eigenvalue weighted by molar-refractivity contribution is 5.79. The van der Waals surface area contributed by atoms with Gasteiger partial charge < -0.3 is 19.8 Å². The Kier molecular flexibility index (Phi) is 5.49. The molecule has 33 heavy (non-hydrogen) atoms. The lowest BCUT2D eigenvalue weighted by molar-refractivity contribution is -0.138. The van der Waals surface area contributed by atoms with E-state index in [1.54, 1.807) is 0 Å². The molecule has 5 rings (SSSR count). The molecule has 1 aliphatic rings. The number of nitrogens with one attached hydrogen (secondary N) is 2. The Hall–Kier alpha value is -3.82. The zero-order chi connectivity index (χ0) is 22.9. The quantitative estimate of drug-likeness (QED) is 0.359. The van der Waals surface area contributed by atoms with Crippen LogP contribution in [0.5, 0.6) is 0 Å². The highest BCUT2D eigenvalue weighted by Crippen LogP contribution is 2.38. The molecule has 0 atom stereocenters. The van der Waals surface area contributed by atoms with E-state index in [4.69, 9.17) is 9.52 Å². The molecule has 2 aromatic carbocycles. The van der Waals surface area contributed by atoms with E-state index in [2.05, 4.69) is 31.5 Å². The molecule has 10 heteroatoms. The topological polar surface area (TPSA) is 117 Å². The molecule has 3 N–H and O–H groups in total. The summed E-state index contributed by atoms with van der Waals surface area (Å²) >= 11 is 0. The van der Waals surface area contributed by atoms with Crippen LogP contribution in [0.1, 0.15) is 43.6 Å². The number of carboxylic acids is 1. The number of aromatic amines is 1. The monoisotopic (exact) mass is 453 g/mol. The summed E-state index contributed by atoms with van der Waals surface area (Å²) in [5.41, 5.74) is 3.04. The highest BCUT2D eigenvalue weighted by atomic mass is 19.2. The third-order valence-corrected chi connectivity index (χ3v) is 6.09. The average molecular weight is 453 g/mol. The fraction of sp³-hybridized carbons (Fsp3) is 0.304. The van der Waals surface area contributed by atoms with Crippen molar-refractivity contribution in [2.75, 3.05) is 5.32 Å². The minimum Gasteiger partial charge on any atom is -0.481 e. The molecule has 0 amide bonds. The van der Waals surface area contributed by atoms with Gasteiger partial charge in [0.25, 0.3) is 5.89 Å². The molecule has 1 fully saturated rings. The first-order valence-corrected chi connectivity index (χ1v) is 10.7. The zero-order valence-electron chi connectivity index (χ0n) is 17.5. The van der Waals surface area contributed by atoms with E-state index in [0.717, 1.165) is 48.8 Å². The number of H-pyrrole nitrogens is 1. The van der Waals surface area contributed by atoms with E-state index in [0.29, 0.717) is 11.7 Å². The number of fused-ring (bicyclic) bond motifs is 1. The third-order valence-electron chi connectivity index (χ3n) is 6.09. The maximum atomic E-state index is 13.4. The Morgan fingerprint density at radius 2 is 1.91 bits per heavy atom. The van der Waals surface area contributed by atoms with Crippen molar-refractivity contribution in [3.63, 3.8) is 0 Å². The molecule has 2 aromatic heterocycles. The largest absolute Gasteiger partial charge is 0.481 e. The summed E-state index contributed by atoms with van der Waals surface area (Å²) in [5, 5.41) is 19.6. The first-order chi connectivity index (χ1) is 15.9. The number of halogens is 2. The molecule has 170 valence electrons. The van der Waals surface area contributed by atoms with Gasteiger partial charge >= 0.3 is 12.0 Å². The van der Waals surface area contributed by atoms with Crippen molar-refractivity contribution >= 4 is 28.7 Å². The number of imidazole rings is 1. The molecule has 1 saturated carbocycles. The predicted molar refractivity (Wildman–Crippen MR) is 116 cm³/mol. The maximum Gasteiger partial charge on any atom is 0.320 e. The van der Waals surface area contributed by atoms with Gasteiger partial charge in [0.05, 0.1) is 11.0 Å².